The van der Waals surface area contributed by atoms with Gasteiger partial charge in [0.1, 0.15) is 6.10 Å². The monoisotopic (exact) mass is 407 g/mol. The number of hydrogen-bond acceptors (Lipinski definition) is 4. The summed E-state index contributed by atoms with van der Waals surface area (Å²) in [5.74, 6) is -0.626. The lowest BCUT2D eigenvalue weighted by Crippen LogP contribution is -2.65. The van der Waals surface area contributed by atoms with Crippen molar-refractivity contribution in [1.29, 1.82) is 0 Å². The number of likely N-dealkylation sites (tertiary alicyclic amines) is 1. The van der Waals surface area contributed by atoms with E-state index >= 15 is 0 Å². The van der Waals surface area contributed by atoms with E-state index in [0.717, 1.165) is 11.1 Å². The number of piperidine rings is 1. The summed E-state index contributed by atoms with van der Waals surface area (Å²) in [5.41, 5.74) is 1.48. The van der Waals surface area contributed by atoms with Gasteiger partial charge in [-0.2, -0.15) is 0 Å². The van der Waals surface area contributed by atoms with Crippen molar-refractivity contribution in [3.63, 3.8) is 0 Å². The molecule has 2 fully saturated rings. The van der Waals surface area contributed by atoms with E-state index in [4.69, 9.17) is 9.47 Å². The summed E-state index contributed by atoms with van der Waals surface area (Å²) >= 11 is 0. The minimum absolute atomic E-state index is 0.00619. The molecular formula is C25H29NO4. The molecule has 2 aromatic rings. The fraction of sp³-hybridized carbons (Fsp3) is 0.440. The third-order valence-electron chi connectivity index (χ3n) is 6.52. The maximum absolute atomic E-state index is 13.1. The minimum Gasteiger partial charge on any atom is -0.462 e. The average Bonchev–Trinajstić information content (AvgIpc) is 2.71. The van der Waals surface area contributed by atoms with Gasteiger partial charge in [-0.25, -0.2) is 0 Å². The zero-order valence-corrected chi connectivity index (χ0v) is 17.9. The van der Waals surface area contributed by atoms with Crippen LogP contribution in [-0.2, 0) is 19.1 Å². The number of hydrogen-bond donors (Lipinski definition) is 0. The molecule has 5 heteroatoms. The number of benzene rings is 2. The van der Waals surface area contributed by atoms with Gasteiger partial charge in [0.2, 0.25) is 5.91 Å². The van der Waals surface area contributed by atoms with Crippen LogP contribution in [0.1, 0.15) is 50.9 Å². The molecule has 2 bridgehead atoms. The Kier molecular flexibility index (Phi) is 5.41. The van der Waals surface area contributed by atoms with E-state index in [9.17, 15) is 9.59 Å². The van der Waals surface area contributed by atoms with Crippen molar-refractivity contribution in [2.45, 2.75) is 51.5 Å². The molecule has 0 aliphatic carbocycles. The van der Waals surface area contributed by atoms with Crippen LogP contribution >= 0.6 is 0 Å². The van der Waals surface area contributed by atoms with Gasteiger partial charge in [0.05, 0.1) is 24.3 Å². The van der Waals surface area contributed by atoms with Crippen molar-refractivity contribution in [2.24, 2.45) is 11.8 Å². The molecule has 5 nitrogen and oxygen atoms in total. The standard InChI is InChI=1S/C25H29NO4/c1-16(27)26-22(18-11-7-5-8-12-18)20-15-29-25(3,4)21(24(20)30-17(2)28)23(26)19-13-9-6-10-14-19/h5-14,20-24H,15H2,1-4H3/t20-,21+,22+,23+,24+/m1/s1. The fourth-order valence-corrected chi connectivity index (χ4v) is 5.37. The molecular weight excluding hydrogens is 378 g/mol. The Morgan fingerprint density at radius 1 is 0.933 bits per heavy atom. The number of amides is 1. The normalized spacial score (nSPS) is 29.9. The largest absolute Gasteiger partial charge is 0.462 e. The third-order valence-corrected chi connectivity index (χ3v) is 6.52. The van der Waals surface area contributed by atoms with E-state index in [-0.39, 0.29) is 41.9 Å². The number of carbonyl (C=O) groups excluding carboxylic acids is 2. The second-order valence-corrected chi connectivity index (χ2v) is 8.82. The van der Waals surface area contributed by atoms with Crippen LogP contribution in [0.3, 0.4) is 0 Å². The summed E-state index contributed by atoms with van der Waals surface area (Å²) in [6, 6.07) is 19.5. The summed E-state index contributed by atoms with van der Waals surface area (Å²) < 4.78 is 12.3. The molecule has 0 aromatic heterocycles. The molecule has 2 aromatic carbocycles. The van der Waals surface area contributed by atoms with Crippen LogP contribution in [0.2, 0.25) is 0 Å². The summed E-state index contributed by atoms with van der Waals surface area (Å²) in [6.07, 6.45) is -0.350. The van der Waals surface area contributed by atoms with Gasteiger partial charge in [-0.05, 0) is 25.0 Å². The molecule has 158 valence electrons. The number of rotatable bonds is 3. The van der Waals surface area contributed by atoms with Gasteiger partial charge in [0.25, 0.3) is 0 Å². The van der Waals surface area contributed by atoms with Crippen LogP contribution in [0, 0.1) is 11.8 Å². The smallest absolute Gasteiger partial charge is 0.302 e. The van der Waals surface area contributed by atoms with E-state index in [1.54, 1.807) is 6.92 Å². The Balaban J connectivity index is 1.94. The van der Waals surface area contributed by atoms with E-state index in [0.29, 0.717) is 6.61 Å². The Morgan fingerprint density at radius 3 is 1.97 bits per heavy atom. The maximum Gasteiger partial charge on any atom is 0.302 e. The highest BCUT2D eigenvalue weighted by atomic mass is 16.6. The van der Waals surface area contributed by atoms with Crippen molar-refractivity contribution in [2.75, 3.05) is 6.61 Å². The molecule has 4 rings (SSSR count). The number of fused-ring (bicyclic) bond motifs is 2. The van der Waals surface area contributed by atoms with Gasteiger partial charge in [-0.1, -0.05) is 60.7 Å². The lowest BCUT2D eigenvalue weighted by Gasteiger charge is -2.60. The molecule has 2 aliphatic heterocycles. The minimum atomic E-state index is -0.563. The Hall–Kier alpha value is -2.66. The molecule has 30 heavy (non-hydrogen) atoms. The van der Waals surface area contributed by atoms with Gasteiger partial charge in [0.15, 0.2) is 0 Å². The zero-order valence-electron chi connectivity index (χ0n) is 17.9. The van der Waals surface area contributed by atoms with Crippen molar-refractivity contribution in [3.8, 4) is 0 Å². The molecule has 5 atom stereocenters. The van der Waals surface area contributed by atoms with Crippen molar-refractivity contribution < 1.29 is 19.1 Å². The van der Waals surface area contributed by atoms with Gasteiger partial charge >= 0.3 is 5.97 Å². The second-order valence-electron chi connectivity index (χ2n) is 8.82. The Labute approximate surface area is 178 Å². The number of carbonyl (C=O) groups is 2. The Bertz CT molecular complexity index is 911. The molecule has 0 unspecified atom stereocenters. The van der Waals surface area contributed by atoms with Crippen LogP contribution in [0.5, 0.6) is 0 Å². The summed E-state index contributed by atoms with van der Waals surface area (Å²) in [5, 5.41) is 0. The fourth-order valence-electron chi connectivity index (χ4n) is 5.37. The van der Waals surface area contributed by atoms with Gasteiger partial charge in [-0.15, -0.1) is 0 Å². The van der Waals surface area contributed by atoms with Crippen molar-refractivity contribution in [3.05, 3.63) is 71.8 Å². The first-order chi connectivity index (χ1) is 14.3. The Morgan fingerprint density at radius 2 is 1.47 bits per heavy atom. The third kappa shape index (κ3) is 3.52. The number of esters is 1. The van der Waals surface area contributed by atoms with Crippen LogP contribution in [-0.4, -0.2) is 35.1 Å². The summed E-state index contributed by atoms with van der Waals surface area (Å²) in [6.45, 7) is 7.56. The highest BCUT2D eigenvalue weighted by Crippen LogP contribution is 2.56. The molecule has 0 radical (unpaired) electrons. The van der Waals surface area contributed by atoms with Crippen molar-refractivity contribution >= 4 is 11.9 Å². The molecule has 1 amide bonds. The molecule has 2 heterocycles. The first kappa shape index (κ1) is 20.6. The van der Waals surface area contributed by atoms with Gasteiger partial charge in [0, 0.05) is 25.7 Å². The zero-order chi connectivity index (χ0) is 21.5. The predicted octanol–water partition coefficient (Wildman–Crippen LogP) is 4.30. The van der Waals surface area contributed by atoms with Crippen LogP contribution < -0.4 is 0 Å². The molecule has 0 spiro atoms. The van der Waals surface area contributed by atoms with E-state index in [1.807, 2.05) is 79.4 Å². The summed E-state index contributed by atoms with van der Waals surface area (Å²) in [4.78, 5) is 27.2. The van der Waals surface area contributed by atoms with E-state index in [2.05, 4.69) is 0 Å². The highest BCUT2D eigenvalue weighted by Gasteiger charge is 2.60. The molecule has 2 saturated heterocycles. The number of ether oxygens (including phenoxy) is 2. The molecule has 0 saturated carbocycles. The lowest BCUT2D eigenvalue weighted by atomic mass is 9.64. The first-order valence-corrected chi connectivity index (χ1v) is 10.5. The SMILES string of the molecule is CC(=O)O[C@H]1[C@@H]2COC(C)(C)[C@H]1[C@H](c1ccccc1)N(C(C)=O)[C@H]2c1ccccc1. The number of nitrogens with zero attached hydrogens (tertiary/aromatic N) is 1. The van der Waals surface area contributed by atoms with Gasteiger partial charge < -0.3 is 14.4 Å². The average molecular weight is 408 g/mol. The van der Waals surface area contributed by atoms with Crippen molar-refractivity contribution in [1.82, 2.24) is 4.90 Å². The van der Waals surface area contributed by atoms with E-state index in [1.165, 1.54) is 6.92 Å². The molecule has 0 N–H and O–H groups in total. The van der Waals surface area contributed by atoms with Crippen LogP contribution in [0.4, 0.5) is 0 Å². The second kappa shape index (κ2) is 7.88. The lowest BCUT2D eigenvalue weighted by molar-refractivity contribution is -0.246. The topological polar surface area (TPSA) is 55.8 Å². The van der Waals surface area contributed by atoms with Crippen LogP contribution in [0.25, 0.3) is 0 Å². The highest BCUT2D eigenvalue weighted by molar-refractivity contribution is 5.75. The first-order valence-electron chi connectivity index (χ1n) is 10.5. The van der Waals surface area contributed by atoms with E-state index < -0.39 is 5.60 Å². The molecule has 2 aliphatic rings. The van der Waals surface area contributed by atoms with Gasteiger partial charge in [-0.3, -0.25) is 9.59 Å². The quantitative estimate of drug-likeness (QED) is 0.712. The summed E-state index contributed by atoms with van der Waals surface area (Å²) in [7, 11) is 0. The van der Waals surface area contributed by atoms with Crippen LogP contribution in [0.15, 0.2) is 60.7 Å². The predicted molar refractivity (Wildman–Crippen MR) is 113 cm³/mol. The maximum atomic E-state index is 13.1.